The van der Waals surface area contributed by atoms with Crippen LogP contribution in [-0.4, -0.2) is 68.8 Å². The Morgan fingerprint density at radius 3 is 2.18 bits per heavy atom. The quantitative estimate of drug-likeness (QED) is 0.381. The third kappa shape index (κ3) is 6.52. The molecule has 0 spiro atoms. The number of carbonyl (C=O) groups excluding carboxylic acids is 3. The molecule has 0 aliphatic carbocycles. The summed E-state index contributed by atoms with van der Waals surface area (Å²) >= 11 is 0. The van der Waals surface area contributed by atoms with Gasteiger partial charge in [-0.15, -0.1) is 0 Å². The van der Waals surface area contributed by atoms with Gasteiger partial charge in [0.2, 0.25) is 16.1 Å². The fraction of sp³-hybridized carbons (Fsp3) is 0.591. The zero-order chi connectivity index (χ0) is 24.8. The molecule has 1 aromatic rings. The number of aryl methyl sites for hydroxylation is 1. The van der Waals surface area contributed by atoms with Gasteiger partial charge in [0.25, 0.3) is 0 Å². The molecule has 0 bridgehead atoms. The zero-order valence-electron chi connectivity index (χ0n) is 19.5. The Labute approximate surface area is 194 Å². The smallest absolute Gasteiger partial charge is 0.351 e. The third-order valence-corrected chi connectivity index (χ3v) is 7.15. The van der Waals surface area contributed by atoms with Crippen LogP contribution in [0.15, 0.2) is 29.2 Å². The number of ether oxygens (including phenoxy) is 4. The molecule has 4 atom stereocenters. The van der Waals surface area contributed by atoms with E-state index >= 15 is 0 Å². The lowest BCUT2D eigenvalue weighted by atomic mass is 9.95. The summed E-state index contributed by atoms with van der Waals surface area (Å²) < 4.78 is 49.6. The zero-order valence-corrected chi connectivity index (χ0v) is 20.3. The molecule has 184 valence electrons. The minimum absolute atomic E-state index is 0.0138. The van der Waals surface area contributed by atoms with Crippen LogP contribution in [0.3, 0.4) is 0 Å². The predicted octanol–water partition coefficient (Wildman–Crippen LogP) is 1.94. The SMILES string of the molecule is CCOC(=O)[C@H](OC(C)=O)[C@@H](OC(C)=O)[C@@H]1CCC[C@H](OC)N1S(=O)(=O)c1ccc(C)cc1. The van der Waals surface area contributed by atoms with E-state index in [2.05, 4.69) is 0 Å². The van der Waals surface area contributed by atoms with Crippen molar-refractivity contribution < 1.29 is 41.7 Å². The van der Waals surface area contributed by atoms with Gasteiger partial charge in [-0.1, -0.05) is 17.7 Å². The summed E-state index contributed by atoms with van der Waals surface area (Å²) in [6, 6.07) is 5.22. The number of piperidine rings is 1. The molecule has 1 aliphatic rings. The van der Waals surface area contributed by atoms with Crippen LogP contribution in [-0.2, 0) is 43.4 Å². The van der Waals surface area contributed by atoms with Crippen LogP contribution in [0.1, 0.15) is 45.6 Å². The van der Waals surface area contributed by atoms with E-state index in [-0.39, 0.29) is 17.9 Å². The lowest BCUT2D eigenvalue weighted by molar-refractivity contribution is -0.188. The predicted molar refractivity (Wildman–Crippen MR) is 116 cm³/mol. The van der Waals surface area contributed by atoms with Crippen LogP contribution < -0.4 is 0 Å². The monoisotopic (exact) mass is 485 g/mol. The molecule has 0 N–H and O–H groups in total. The Hall–Kier alpha value is -2.50. The second kappa shape index (κ2) is 11.6. The van der Waals surface area contributed by atoms with E-state index < -0.39 is 52.4 Å². The van der Waals surface area contributed by atoms with E-state index in [1.807, 2.05) is 6.92 Å². The van der Waals surface area contributed by atoms with Crippen molar-refractivity contribution in [1.29, 1.82) is 0 Å². The largest absolute Gasteiger partial charge is 0.463 e. The van der Waals surface area contributed by atoms with Gasteiger partial charge in [0.1, 0.15) is 6.23 Å². The van der Waals surface area contributed by atoms with Gasteiger partial charge in [0, 0.05) is 21.0 Å². The summed E-state index contributed by atoms with van der Waals surface area (Å²) in [6.07, 6.45) is -2.82. The normalized spacial score (nSPS) is 21.0. The first kappa shape index (κ1) is 26.7. The maximum atomic E-state index is 13.7. The first-order valence-corrected chi connectivity index (χ1v) is 12.1. The Morgan fingerprint density at radius 2 is 1.67 bits per heavy atom. The molecule has 1 aliphatic heterocycles. The lowest BCUT2D eigenvalue weighted by Gasteiger charge is -2.43. The summed E-state index contributed by atoms with van der Waals surface area (Å²) in [7, 11) is -2.77. The number of carbonyl (C=O) groups is 3. The van der Waals surface area contributed by atoms with Crippen LogP contribution in [0.25, 0.3) is 0 Å². The number of hydrogen-bond donors (Lipinski definition) is 0. The number of benzene rings is 1. The fourth-order valence-corrected chi connectivity index (χ4v) is 5.66. The number of sulfonamides is 1. The van der Waals surface area contributed by atoms with E-state index in [1.54, 1.807) is 19.1 Å². The molecule has 0 amide bonds. The van der Waals surface area contributed by atoms with Crippen molar-refractivity contribution in [1.82, 2.24) is 4.31 Å². The Kier molecular flexibility index (Phi) is 9.38. The van der Waals surface area contributed by atoms with Crippen molar-refractivity contribution in [3.8, 4) is 0 Å². The van der Waals surface area contributed by atoms with Crippen LogP contribution in [0, 0.1) is 6.92 Å². The van der Waals surface area contributed by atoms with Gasteiger partial charge in [-0.05, 0) is 45.2 Å². The lowest BCUT2D eigenvalue weighted by Crippen LogP contribution is -2.60. The van der Waals surface area contributed by atoms with E-state index in [4.69, 9.17) is 18.9 Å². The summed E-state index contributed by atoms with van der Waals surface area (Å²) in [6.45, 7) is 5.60. The summed E-state index contributed by atoms with van der Waals surface area (Å²) in [5.74, 6) is -2.52. The maximum Gasteiger partial charge on any atom is 0.351 e. The Morgan fingerprint density at radius 1 is 1.06 bits per heavy atom. The fourth-order valence-electron chi connectivity index (χ4n) is 3.85. The van der Waals surface area contributed by atoms with Gasteiger partial charge in [-0.2, -0.15) is 4.31 Å². The Balaban J connectivity index is 2.61. The van der Waals surface area contributed by atoms with Gasteiger partial charge >= 0.3 is 17.9 Å². The molecule has 1 aromatic carbocycles. The summed E-state index contributed by atoms with van der Waals surface area (Å²) in [4.78, 5) is 36.4. The Bertz CT molecular complexity index is 945. The highest BCUT2D eigenvalue weighted by molar-refractivity contribution is 7.89. The van der Waals surface area contributed by atoms with Gasteiger partial charge in [-0.3, -0.25) is 9.59 Å². The van der Waals surface area contributed by atoms with Crippen molar-refractivity contribution >= 4 is 27.9 Å². The first-order valence-electron chi connectivity index (χ1n) is 10.7. The van der Waals surface area contributed by atoms with E-state index in [0.29, 0.717) is 12.8 Å². The van der Waals surface area contributed by atoms with E-state index in [9.17, 15) is 22.8 Å². The number of rotatable bonds is 9. The highest BCUT2D eigenvalue weighted by Crippen LogP contribution is 2.34. The van der Waals surface area contributed by atoms with E-state index in [0.717, 1.165) is 23.7 Å². The molecule has 1 heterocycles. The molecule has 1 fully saturated rings. The standard InChI is InChI=1S/C22H31NO9S/c1-6-30-22(26)21(32-16(4)25)20(31-15(3)24)18-8-7-9-19(29-5)23(18)33(27,28)17-12-10-14(2)11-13-17/h10-13,18-21H,6-9H2,1-5H3/t18-,19-,20-,21+/m0/s1. The number of methoxy groups -OCH3 is 1. The molecule has 11 heteroatoms. The molecule has 1 saturated heterocycles. The van der Waals surface area contributed by atoms with Crippen LogP contribution in [0.5, 0.6) is 0 Å². The molecular weight excluding hydrogens is 454 g/mol. The second-order valence-corrected chi connectivity index (χ2v) is 9.54. The minimum Gasteiger partial charge on any atom is -0.463 e. The number of hydrogen-bond acceptors (Lipinski definition) is 9. The van der Waals surface area contributed by atoms with Crippen LogP contribution in [0.2, 0.25) is 0 Å². The van der Waals surface area contributed by atoms with Crippen molar-refractivity contribution in [2.45, 2.75) is 76.3 Å². The first-order chi connectivity index (χ1) is 15.5. The molecular formula is C22H31NO9S. The van der Waals surface area contributed by atoms with Crippen molar-refractivity contribution in [2.75, 3.05) is 13.7 Å². The molecule has 10 nitrogen and oxygen atoms in total. The third-order valence-electron chi connectivity index (χ3n) is 5.22. The highest BCUT2D eigenvalue weighted by atomic mass is 32.2. The minimum atomic E-state index is -4.15. The molecule has 0 unspecified atom stereocenters. The molecule has 33 heavy (non-hydrogen) atoms. The van der Waals surface area contributed by atoms with Gasteiger partial charge in [0.05, 0.1) is 17.5 Å². The molecule has 0 aromatic heterocycles. The van der Waals surface area contributed by atoms with Crippen molar-refractivity contribution in [3.63, 3.8) is 0 Å². The summed E-state index contributed by atoms with van der Waals surface area (Å²) in [5.41, 5.74) is 0.877. The van der Waals surface area contributed by atoms with Gasteiger partial charge in [0.15, 0.2) is 6.10 Å². The number of nitrogens with zero attached hydrogens (tertiary/aromatic N) is 1. The summed E-state index contributed by atoms with van der Waals surface area (Å²) in [5, 5.41) is 0. The highest BCUT2D eigenvalue weighted by Gasteiger charge is 2.50. The molecule has 0 saturated carbocycles. The second-order valence-electron chi connectivity index (χ2n) is 7.69. The van der Waals surface area contributed by atoms with Gasteiger partial charge < -0.3 is 18.9 Å². The molecule has 0 radical (unpaired) electrons. The van der Waals surface area contributed by atoms with Crippen LogP contribution in [0.4, 0.5) is 0 Å². The van der Waals surface area contributed by atoms with Gasteiger partial charge in [-0.25, -0.2) is 13.2 Å². The number of esters is 3. The van der Waals surface area contributed by atoms with E-state index in [1.165, 1.54) is 19.2 Å². The van der Waals surface area contributed by atoms with Crippen molar-refractivity contribution in [3.05, 3.63) is 29.8 Å². The maximum absolute atomic E-state index is 13.7. The topological polar surface area (TPSA) is 126 Å². The van der Waals surface area contributed by atoms with Crippen LogP contribution >= 0.6 is 0 Å². The average Bonchev–Trinajstić information content (AvgIpc) is 2.75. The average molecular weight is 486 g/mol. The molecule has 2 rings (SSSR count). The van der Waals surface area contributed by atoms with Crippen molar-refractivity contribution in [2.24, 2.45) is 0 Å².